The SMILES string of the molecule is CCCNC1(C#N)CCCC(N(C)CCC)C1. The van der Waals surface area contributed by atoms with Gasteiger partial charge < -0.3 is 4.90 Å². The summed E-state index contributed by atoms with van der Waals surface area (Å²) in [5.41, 5.74) is -0.263. The molecular weight excluding hydrogens is 210 g/mol. The maximum absolute atomic E-state index is 9.47. The van der Waals surface area contributed by atoms with Gasteiger partial charge in [-0.25, -0.2) is 0 Å². The van der Waals surface area contributed by atoms with Gasteiger partial charge in [0.2, 0.25) is 0 Å². The van der Waals surface area contributed by atoms with Crippen molar-refractivity contribution in [2.45, 2.75) is 64.0 Å². The fourth-order valence-corrected chi connectivity index (χ4v) is 2.82. The summed E-state index contributed by atoms with van der Waals surface area (Å²) in [5, 5.41) is 12.9. The van der Waals surface area contributed by atoms with Gasteiger partial charge in [-0.1, -0.05) is 13.8 Å². The van der Waals surface area contributed by atoms with Gasteiger partial charge in [0.25, 0.3) is 0 Å². The Bertz CT molecular complexity index is 259. The zero-order chi connectivity index (χ0) is 12.7. The van der Waals surface area contributed by atoms with Crippen LogP contribution in [0.3, 0.4) is 0 Å². The van der Waals surface area contributed by atoms with Gasteiger partial charge in [0.05, 0.1) is 6.07 Å². The molecule has 1 rings (SSSR count). The number of nitriles is 1. The highest BCUT2D eigenvalue weighted by Gasteiger charge is 2.37. The molecule has 0 bridgehead atoms. The van der Waals surface area contributed by atoms with Gasteiger partial charge in [-0.3, -0.25) is 5.32 Å². The van der Waals surface area contributed by atoms with Gasteiger partial charge in [0.1, 0.15) is 5.54 Å². The highest BCUT2D eigenvalue weighted by molar-refractivity contribution is 5.11. The van der Waals surface area contributed by atoms with Crippen LogP contribution in [0, 0.1) is 11.3 Å². The van der Waals surface area contributed by atoms with Crippen molar-refractivity contribution in [2.75, 3.05) is 20.1 Å². The van der Waals surface area contributed by atoms with E-state index < -0.39 is 0 Å². The van der Waals surface area contributed by atoms with Gasteiger partial charge in [0.15, 0.2) is 0 Å². The molecule has 0 amide bonds. The van der Waals surface area contributed by atoms with E-state index in [1.807, 2.05) is 0 Å². The van der Waals surface area contributed by atoms with Gasteiger partial charge in [0, 0.05) is 6.04 Å². The minimum absolute atomic E-state index is 0.263. The minimum atomic E-state index is -0.263. The summed E-state index contributed by atoms with van der Waals surface area (Å²) in [6, 6.07) is 3.12. The van der Waals surface area contributed by atoms with Crippen LogP contribution in [0.15, 0.2) is 0 Å². The second-order valence-corrected chi connectivity index (χ2v) is 5.35. The van der Waals surface area contributed by atoms with E-state index in [0.29, 0.717) is 6.04 Å². The Kier molecular flexibility index (Phi) is 5.94. The third-order valence-electron chi connectivity index (χ3n) is 3.85. The van der Waals surface area contributed by atoms with Gasteiger partial charge in [-0.2, -0.15) is 5.26 Å². The van der Waals surface area contributed by atoms with Crippen molar-refractivity contribution in [1.29, 1.82) is 5.26 Å². The van der Waals surface area contributed by atoms with Crippen LogP contribution in [-0.4, -0.2) is 36.6 Å². The van der Waals surface area contributed by atoms with Gasteiger partial charge in [-0.15, -0.1) is 0 Å². The van der Waals surface area contributed by atoms with E-state index in [-0.39, 0.29) is 5.54 Å². The molecule has 3 nitrogen and oxygen atoms in total. The monoisotopic (exact) mass is 237 g/mol. The molecule has 0 spiro atoms. The Labute approximate surface area is 106 Å². The molecule has 3 heteroatoms. The zero-order valence-electron chi connectivity index (χ0n) is 11.6. The highest BCUT2D eigenvalue weighted by Crippen LogP contribution is 2.30. The molecule has 2 unspecified atom stereocenters. The molecule has 1 N–H and O–H groups in total. The molecule has 0 radical (unpaired) electrons. The van der Waals surface area contributed by atoms with Gasteiger partial charge >= 0.3 is 0 Å². The molecule has 0 aromatic rings. The number of nitrogens with one attached hydrogen (secondary N) is 1. The van der Waals surface area contributed by atoms with Crippen LogP contribution < -0.4 is 5.32 Å². The summed E-state index contributed by atoms with van der Waals surface area (Å²) in [7, 11) is 2.20. The lowest BCUT2D eigenvalue weighted by Gasteiger charge is -2.40. The third-order valence-corrected chi connectivity index (χ3v) is 3.85. The van der Waals surface area contributed by atoms with Crippen LogP contribution in [-0.2, 0) is 0 Å². The Hall–Kier alpha value is -0.590. The second kappa shape index (κ2) is 6.98. The fraction of sp³-hybridized carbons (Fsp3) is 0.929. The first-order valence-electron chi connectivity index (χ1n) is 7.04. The van der Waals surface area contributed by atoms with Crippen LogP contribution in [0.25, 0.3) is 0 Å². The van der Waals surface area contributed by atoms with E-state index in [0.717, 1.165) is 32.4 Å². The summed E-state index contributed by atoms with van der Waals surface area (Å²) >= 11 is 0. The predicted molar refractivity (Wildman–Crippen MR) is 71.8 cm³/mol. The number of rotatable bonds is 6. The Morgan fingerprint density at radius 1 is 1.41 bits per heavy atom. The average molecular weight is 237 g/mol. The molecule has 1 aliphatic carbocycles. The quantitative estimate of drug-likeness (QED) is 0.771. The van der Waals surface area contributed by atoms with Crippen molar-refractivity contribution < 1.29 is 0 Å². The van der Waals surface area contributed by atoms with E-state index in [2.05, 4.69) is 37.2 Å². The molecule has 98 valence electrons. The standard InChI is InChI=1S/C14H27N3/c1-4-9-16-14(12-15)8-6-7-13(11-14)17(3)10-5-2/h13,16H,4-11H2,1-3H3. The molecule has 0 saturated heterocycles. The van der Waals surface area contributed by atoms with Crippen molar-refractivity contribution in [2.24, 2.45) is 0 Å². The summed E-state index contributed by atoms with van der Waals surface area (Å²) in [5.74, 6) is 0. The third kappa shape index (κ3) is 3.97. The Morgan fingerprint density at radius 2 is 2.18 bits per heavy atom. The summed E-state index contributed by atoms with van der Waals surface area (Å²) in [4.78, 5) is 2.43. The molecular formula is C14H27N3. The number of hydrogen-bond acceptors (Lipinski definition) is 3. The van der Waals surface area contributed by atoms with Crippen molar-refractivity contribution in [3.63, 3.8) is 0 Å². The van der Waals surface area contributed by atoms with Gasteiger partial charge in [-0.05, 0) is 58.7 Å². The maximum Gasteiger partial charge on any atom is 0.108 e. The summed E-state index contributed by atoms with van der Waals surface area (Å²) in [6.07, 6.45) is 6.70. The first-order valence-corrected chi connectivity index (χ1v) is 7.04. The van der Waals surface area contributed by atoms with E-state index in [4.69, 9.17) is 0 Å². The van der Waals surface area contributed by atoms with E-state index in [1.165, 1.54) is 19.3 Å². The molecule has 1 aliphatic rings. The molecule has 17 heavy (non-hydrogen) atoms. The molecule has 0 aromatic carbocycles. The lowest BCUT2D eigenvalue weighted by atomic mass is 9.79. The topological polar surface area (TPSA) is 39.1 Å². The first kappa shape index (κ1) is 14.5. The lowest BCUT2D eigenvalue weighted by molar-refractivity contribution is 0.144. The summed E-state index contributed by atoms with van der Waals surface area (Å²) in [6.45, 7) is 6.46. The molecule has 2 atom stereocenters. The number of hydrogen-bond donors (Lipinski definition) is 1. The van der Waals surface area contributed by atoms with Crippen molar-refractivity contribution in [3.05, 3.63) is 0 Å². The highest BCUT2D eigenvalue weighted by atomic mass is 15.1. The molecule has 0 aliphatic heterocycles. The lowest BCUT2D eigenvalue weighted by Crippen LogP contribution is -2.52. The van der Waals surface area contributed by atoms with Crippen molar-refractivity contribution >= 4 is 0 Å². The molecule has 0 aromatic heterocycles. The first-order chi connectivity index (χ1) is 8.17. The normalized spacial score (nSPS) is 29.2. The van der Waals surface area contributed by atoms with Crippen LogP contribution in [0.5, 0.6) is 0 Å². The summed E-state index contributed by atoms with van der Waals surface area (Å²) < 4.78 is 0. The second-order valence-electron chi connectivity index (χ2n) is 5.35. The van der Waals surface area contributed by atoms with Crippen LogP contribution in [0.1, 0.15) is 52.4 Å². The Morgan fingerprint density at radius 3 is 2.76 bits per heavy atom. The maximum atomic E-state index is 9.47. The van der Waals surface area contributed by atoms with Crippen molar-refractivity contribution in [3.8, 4) is 6.07 Å². The average Bonchev–Trinajstić information content (AvgIpc) is 2.37. The number of nitrogens with zero attached hydrogens (tertiary/aromatic N) is 2. The largest absolute Gasteiger partial charge is 0.303 e. The van der Waals surface area contributed by atoms with E-state index in [9.17, 15) is 5.26 Å². The molecule has 1 fully saturated rings. The van der Waals surface area contributed by atoms with E-state index in [1.54, 1.807) is 0 Å². The fourth-order valence-electron chi connectivity index (χ4n) is 2.82. The molecule has 0 heterocycles. The zero-order valence-corrected chi connectivity index (χ0v) is 11.6. The van der Waals surface area contributed by atoms with E-state index >= 15 is 0 Å². The van der Waals surface area contributed by atoms with Crippen molar-refractivity contribution in [1.82, 2.24) is 10.2 Å². The van der Waals surface area contributed by atoms with Crippen LogP contribution >= 0.6 is 0 Å². The van der Waals surface area contributed by atoms with Crippen LogP contribution in [0.2, 0.25) is 0 Å². The minimum Gasteiger partial charge on any atom is -0.303 e. The van der Waals surface area contributed by atoms with Crippen LogP contribution in [0.4, 0.5) is 0 Å². The predicted octanol–water partition coefficient (Wildman–Crippen LogP) is 2.53. The molecule has 1 saturated carbocycles. The Balaban J connectivity index is 2.59. The smallest absolute Gasteiger partial charge is 0.108 e.